The molecule has 0 aromatic carbocycles. The number of nitrogens with zero attached hydrogens (tertiary/aromatic N) is 5. The van der Waals surface area contributed by atoms with Crippen molar-refractivity contribution in [3.63, 3.8) is 0 Å². The molecule has 0 atom stereocenters. The fourth-order valence-electron chi connectivity index (χ4n) is 3.23. The highest BCUT2D eigenvalue weighted by Gasteiger charge is 2.21. The van der Waals surface area contributed by atoms with Gasteiger partial charge in [-0.05, 0) is 50.5 Å². The van der Waals surface area contributed by atoms with E-state index in [-0.39, 0.29) is 0 Å². The van der Waals surface area contributed by atoms with Crippen molar-refractivity contribution in [2.24, 2.45) is 4.99 Å². The van der Waals surface area contributed by atoms with Crippen LogP contribution < -0.4 is 10.6 Å². The number of pyridine rings is 1. The molecule has 26 heavy (non-hydrogen) atoms. The average Bonchev–Trinajstić information content (AvgIpc) is 3.20. The SMILES string of the molecule is CN=C(NCc1ccnc(-n2cccn2)c1)NC1CCN(C(C)C)CC1. The van der Waals surface area contributed by atoms with Crippen molar-refractivity contribution in [3.8, 4) is 5.82 Å². The number of nitrogens with one attached hydrogen (secondary N) is 2. The Morgan fingerprint density at radius 2 is 2.12 bits per heavy atom. The Balaban J connectivity index is 1.51. The molecule has 2 N–H and O–H groups in total. The van der Waals surface area contributed by atoms with Gasteiger partial charge in [0.15, 0.2) is 11.8 Å². The average molecular weight is 355 g/mol. The fourth-order valence-corrected chi connectivity index (χ4v) is 3.23. The summed E-state index contributed by atoms with van der Waals surface area (Å²) in [6, 6.07) is 7.04. The van der Waals surface area contributed by atoms with E-state index >= 15 is 0 Å². The van der Waals surface area contributed by atoms with Gasteiger partial charge in [-0.1, -0.05) is 0 Å². The van der Waals surface area contributed by atoms with E-state index in [2.05, 4.69) is 44.5 Å². The number of hydrogen-bond donors (Lipinski definition) is 2. The van der Waals surface area contributed by atoms with Crippen LogP contribution in [0, 0.1) is 0 Å². The third-order valence-corrected chi connectivity index (χ3v) is 4.83. The second kappa shape index (κ2) is 8.80. The van der Waals surface area contributed by atoms with Crippen molar-refractivity contribution in [1.29, 1.82) is 0 Å². The molecule has 1 aliphatic heterocycles. The molecule has 1 saturated heterocycles. The van der Waals surface area contributed by atoms with Crippen molar-refractivity contribution < 1.29 is 0 Å². The molecule has 1 aliphatic rings. The summed E-state index contributed by atoms with van der Waals surface area (Å²) in [4.78, 5) is 11.3. The summed E-state index contributed by atoms with van der Waals surface area (Å²) in [5.41, 5.74) is 1.14. The Kier molecular flexibility index (Phi) is 6.22. The van der Waals surface area contributed by atoms with Gasteiger partial charge in [0.2, 0.25) is 0 Å². The lowest BCUT2D eigenvalue weighted by Crippen LogP contribution is -2.49. The first kappa shape index (κ1) is 18.4. The number of aromatic nitrogens is 3. The molecule has 0 spiro atoms. The van der Waals surface area contributed by atoms with Gasteiger partial charge >= 0.3 is 0 Å². The first-order valence-corrected chi connectivity index (χ1v) is 9.32. The smallest absolute Gasteiger partial charge is 0.191 e. The molecule has 0 bridgehead atoms. The summed E-state index contributed by atoms with van der Waals surface area (Å²) in [7, 11) is 1.82. The van der Waals surface area contributed by atoms with Crippen LogP contribution in [0.4, 0.5) is 0 Å². The molecular formula is C19H29N7. The van der Waals surface area contributed by atoms with E-state index in [1.165, 1.54) is 0 Å². The molecule has 1 fully saturated rings. The van der Waals surface area contributed by atoms with E-state index in [9.17, 15) is 0 Å². The largest absolute Gasteiger partial charge is 0.354 e. The van der Waals surface area contributed by atoms with E-state index < -0.39 is 0 Å². The number of guanidine groups is 1. The Morgan fingerprint density at radius 3 is 2.77 bits per heavy atom. The lowest BCUT2D eigenvalue weighted by atomic mass is 10.0. The molecule has 140 valence electrons. The Bertz CT molecular complexity index is 700. The second-order valence-electron chi connectivity index (χ2n) is 6.95. The van der Waals surface area contributed by atoms with Gasteiger partial charge in [0.05, 0.1) is 0 Å². The zero-order valence-corrected chi connectivity index (χ0v) is 15.9. The van der Waals surface area contributed by atoms with Crippen molar-refractivity contribution >= 4 is 5.96 Å². The molecule has 0 aliphatic carbocycles. The topological polar surface area (TPSA) is 70.4 Å². The number of likely N-dealkylation sites (tertiary alicyclic amines) is 1. The van der Waals surface area contributed by atoms with Crippen LogP contribution in [0.3, 0.4) is 0 Å². The summed E-state index contributed by atoms with van der Waals surface area (Å²) in [6.07, 6.45) is 7.76. The highest BCUT2D eigenvalue weighted by Crippen LogP contribution is 2.13. The van der Waals surface area contributed by atoms with Gasteiger partial charge in [-0.25, -0.2) is 9.67 Å². The van der Waals surface area contributed by atoms with Gasteiger partial charge in [-0.15, -0.1) is 0 Å². The standard InChI is InChI=1S/C19H29N7/c1-15(2)25-11-6-17(7-12-25)24-19(20-3)22-14-16-5-9-21-18(13-16)26-10-4-8-23-26/h4-5,8-10,13,15,17H,6-7,11-12,14H2,1-3H3,(H2,20,22,24). The van der Waals surface area contributed by atoms with Crippen molar-refractivity contribution in [3.05, 3.63) is 42.4 Å². The number of piperidine rings is 1. The van der Waals surface area contributed by atoms with Gasteiger partial charge in [-0.2, -0.15) is 5.10 Å². The minimum atomic E-state index is 0.480. The lowest BCUT2D eigenvalue weighted by molar-refractivity contribution is 0.167. The monoisotopic (exact) mass is 355 g/mol. The predicted octanol–water partition coefficient (Wildman–Crippen LogP) is 1.81. The highest BCUT2D eigenvalue weighted by molar-refractivity contribution is 5.79. The fraction of sp³-hybridized carbons (Fsp3) is 0.526. The van der Waals surface area contributed by atoms with Crippen molar-refractivity contribution in [2.45, 2.75) is 45.3 Å². The molecule has 2 aromatic heterocycles. The minimum absolute atomic E-state index is 0.480. The van der Waals surface area contributed by atoms with Crippen LogP contribution in [0.15, 0.2) is 41.8 Å². The maximum atomic E-state index is 4.37. The molecule has 3 heterocycles. The van der Waals surface area contributed by atoms with Crippen LogP contribution in [0.25, 0.3) is 5.82 Å². The molecule has 0 amide bonds. The van der Waals surface area contributed by atoms with E-state index in [1.807, 2.05) is 37.6 Å². The van der Waals surface area contributed by atoms with Gasteiger partial charge < -0.3 is 15.5 Å². The number of aliphatic imine (C=N–C) groups is 1. The Hall–Kier alpha value is -2.41. The quantitative estimate of drug-likeness (QED) is 0.632. The minimum Gasteiger partial charge on any atom is -0.354 e. The molecular weight excluding hydrogens is 326 g/mol. The van der Waals surface area contributed by atoms with E-state index in [0.29, 0.717) is 18.6 Å². The molecule has 0 saturated carbocycles. The van der Waals surface area contributed by atoms with E-state index in [0.717, 1.165) is 43.3 Å². The summed E-state index contributed by atoms with van der Waals surface area (Å²) in [5, 5.41) is 11.2. The van der Waals surface area contributed by atoms with E-state index in [1.54, 1.807) is 10.9 Å². The van der Waals surface area contributed by atoms with Crippen LogP contribution in [-0.4, -0.2) is 57.8 Å². The molecule has 7 nitrogen and oxygen atoms in total. The number of rotatable bonds is 5. The summed E-state index contributed by atoms with van der Waals surface area (Å²) >= 11 is 0. The zero-order chi connectivity index (χ0) is 18.4. The first-order chi connectivity index (χ1) is 12.7. The van der Waals surface area contributed by atoms with Gasteiger partial charge in [0.25, 0.3) is 0 Å². The first-order valence-electron chi connectivity index (χ1n) is 9.32. The lowest BCUT2D eigenvalue weighted by Gasteiger charge is -2.35. The van der Waals surface area contributed by atoms with Crippen LogP contribution in [0.2, 0.25) is 0 Å². The third-order valence-electron chi connectivity index (χ3n) is 4.83. The molecule has 0 unspecified atom stereocenters. The zero-order valence-electron chi connectivity index (χ0n) is 15.9. The van der Waals surface area contributed by atoms with Crippen LogP contribution >= 0.6 is 0 Å². The van der Waals surface area contributed by atoms with Crippen molar-refractivity contribution in [2.75, 3.05) is 20.1 Å². The van der Waals surface area contributed by atoms with Gasteiger partial charge in [0, 0.05) is 57.4 Å². The van der Waals surface area contributed by atoms with Gasteiger partial charge in [0.1, 0.15) is 0 Å². The molecule has 2 aromatic rings. The maximum absolute atomic E-state index is 4.37. The molecule has 7 heteroatoms. The third kappa shape index (κ3) is 4.82. The summed E-state index contributed by atoms with van der Waals surface area (Å²) in [6.45, 7) is 7.51. The predicted molar refractivity (Wildman–Crippen MR) is 104 cm³/mol. The Labute approximate surface area is 155 Å². The maximum Gasteiger partial charge on any atom is 0.191 e. The number of hydrogen-bond acceptors (Lipinski definition) is 4. The Morgan fingerprint density at radius 1 is 1.31 bits per heavy atom. The summed E-state index contributed by atoms with van der Waals surface area (Å²) in [5.74, 6) is 1.67. The highest BCUT2D eigenvalue weighted by atomic mass is 15.3. The van der Waals surface area contributed by atoms with Crippen LogP contribution in [0.1, 0.15) is 32.3 Å². The van der Waals surface area contributed by atoms with Gasteiger partial charge in [-0.3, -0.25) is 4.99 Å². The molecule has 0 radical (unpaired) electrons. The molecule has 3 rings (SSSR count). The normalized spacial score (nSPS) is 16.8. The second-order valence-corrected chi connectivity index (χ2v) is 6.95. The summed E-state index contributed by atoms with van der Waals surface area (Å²) < 4.78 is 1.76. The van der Waals surface area contributed by atoms with E-state index in [4.69, 9.17) is 0 Å². The van der Waals surface area contributed by atoms with Crippen molar-refractivity contribution in [1.82, 2.24) is 30.3 Å². The van der Waals surface area contributed by atoms with Crippen LogP contribution in [0.5, 0.6) is 0 Å². The van der Waals surface area contributed by atoms with Crippen LogP contribution in [-0.2, 0) is 6.54 Å².